The van der Waals surface area contributed by atoms with Crippen molar-refractivity contribution in [1.29, 1.82) is 0 Å². The lowest BCUT2D eigenvalue weighted by Gasteiger charge is -2.34. The van der Waals surface area contributed by atoms with Crippen molar-refractivity contribution in [3.05, 3.63) is 28.8 Å². The highest BCUT2D eigenvalue weighted by atomic mass is 35.5. The molecule has 1 aromatic carbocycles. The van der Waals surface area contributed by atoms with E-state index in [1.54, 1.807) is 7.11 Å². The Balaban J connectivity index is 3.00. The maximum atomic E-state index is 6.18. The smallest absolute Gasteiger partial charge is 0.122 e. The van der Waals surface area contributed by atoms with Crippen LogP contribution in [-0.2, 0) is 6.42 Å². The lowest BCUT2D eigenvalue weighted by atomic mass is 9.75. The number of rotatable bonds is 10. The number of unbranched alkanes of at least 4 members (excludes halogenated alkanes) is 1. The number of methoxy groups -OCH3 is 1. The van der Waals surface area contributed by atoms with E-state index in [1.807, 2.05) is 12.1 Å². The Morgan fingerprint density at radius 2 is 2.00 bits per heavy atom. The van der Waals surface area contributed by atoms with E-state index in [0.717, 1.165) is 36.7 Å². The van der Waals surface area contributed by atoms with Gasteiger partial charge in [0.15, 0.2) is 0 Å². The van der Waals surface area contributed by atoms with Crippen LogP contribution in [0, 0.1) is 5.41 Å². The molecule has 1 atom stereocenters. The molecule has 1 aromatic rings. The van der Waals surface area contributed by atoms with Gasteiger partial charge in [-0.3, -0.25) is 0 Å². The van der Waals surface area contributed by atoms with Crippen LogP contribution in [0.5, 0.6) is 5.75 Å². The second-order valence-electron chi connectivity index (χ2n) is 5.87. The molecule has 0 aromatic heterocycles. The first-order valence-corrected chi connectivity index (χ1v) is 8.51. The van der Waals surface area contributed by atoms with Crippen LogP contribution in [0.4, 0.5) is 0 Å². The molecule has 1 N–H and O–H groups in total. The van der Waals surface area contributed by atoms with Crippen molar-refractivity contribution in [3.8, 4) is 5.75 Å². The molecule has 0 spiro atoms. The van der Waals surface area contributed by atoms with Gasteiger partial charge in [-0.2, -0.15) is 0 Å². The molecule has 0 heterocycles. The Labute approximate surface area is 135 Å². The average Bonchev–Trinajstić information content (AvgIpc) is 2.50. The van der Waals surface area contributed by atoms with Gasteiger partial charge >= 0.3 is 0 Å². The van der Waals surface area contributed by atoms with Crippen molar-refractivity contribution in [2.45, 2.75) is 52.9 Å². The van der Waals surface area contributed by atoms with Gasteiger partial charge in [0.25, 0.3) is 0 Å². The fourth-order valence-corrected chi connectivity index (χ4v) is 3.09. The third-order valence-electron chi connectivity index (χ3n) is 4.37. The molecule has 0 fully saturated rings. The Hall–Kier alpha value is -0.730. The molecule has 0 aliphatic carbocycles. The predicted octanol–water partition coefficient (Wildman–Crippen LogP) is 5.09. The summed E-state index contributed by atoms with van der Waals surface area (Å²) in [5, 5.41) is 4.33. The molecule has 3 heteroatoms. The zero-order chi connectivity index (χ0) is 15.7. The summed E-state index contributed by atoms with van der Waals surface area (Å²) in [5.41, 5.74) is 1.50. The minimum Gasteiger partial charge on any atom is -0.496 e. The van der Waals surface area contributed by atoms with Crippen molar-refractivity contribution in [2.24, 2.45) is 5.41 Å². The van der Waals surface area contributed by atoms with E-state index in [2.05, 4.69) is 32.2 Å². The lowest BCUT2D eigenvalue weighted by molar-refractivity contribution is 0.228. The van der Waals surface area contributed by atoms with Gasteiger partial charge in [-0.25, -0.2) is 0 Å². The van der Waals surface area contributed by atoms with E-state index < -0.39 is 0 Å². The van der Waals surface area contributed by atoms with Crippen molar-refractivity contribution in [1.82, 2.24) is 5.32 Å². The van der Waals surface area contributed by atoms with Crippen molar-refractivity contribution < 1.29 is 4.74 Å². The van der Waals surface area contributed by atoms with Crippen LogP contribution >= 0.6 is 11.6 Å². The SMILES string of the molecule is CCCCC(CC)(CNCC)Cc1cc(Cl)ccc1OC. The van der Waals surface area contributed by atoms with Gasteiger partial charge in [-0.1, -0.05) is 45.2 Å². The first-order chi connectivity index (χ1) is 10.1. The van der Waals surface area contributed by atoms with Crippen LogP contribution in [0.3, 0.4) is 0 Å². The Morgan fingerprint density at radius 3 is 2.57 bits per heavy atom. The summed E-state index contributed by atoms with van der Waals surface area (Å²) in [4.78, 5) is 0. The first-order valence-electron chi connectivity index (χ1n) is 8.14. The normalized spacial score (nSPS) is 14.0. The number of hydrogen-bond donors (Lipinski definition) is 1. The highest BCUT2D eigenvalue weighted by Crippen LogP contribution is 2.36. The molecule has 1 unspecified atom stereocenters. The minimum atomic E-state index is 0.282. The van der Waals surface area contributed by atoms with Gasteiger partial charge in [0.05, 0.1) is 7.11 Å². The molecule has 120 valence electrons. The largest absolute Gasteiger partial charge is 0.496 e. The molecule has 0 radical (unpaired) electrons. The Morgan fingerprint density at radius 1 is 1.24 bits per heavy atom. The molecule has 21 heavy (non-hydrogen) atoms. The zero-order valence-corrected chi connectivity index (χ0v) is 14.7. The van der Waals surface area contributed by atoms with Gasteiger partial charge in [-0.15, -0.1) is 0 Å². The van der Waals surface area contributed by atoms with Gasteiger partial charge in [0, 0.05) is 11.6 Å². The number of hydrogen-bond acceptors (Lipinski definition) is 2. The van der Waals surface area contributed by atoms with E-state index >= 15 is 0 Å². The Bertz CT molecular complexity index is 412. The molecule has 1 rings (SSSR count). The molecule has 0 saturated heterocycles. The van der Waals surface area contributed by atoms with Crippen molar-refractivity contribution in [2.75, 3.05) is 20.2 Å². The minimum absolute atomic E-state index is 0.282. The third kappa shape index (κ3) is 5.52. The van der Waals surface area contributed by atoms with Crippen LogP contribution in [0.2, 0.25) is 5.02 Å². The number of ether oxygens (including phenoxy) is 1. The summed E-state index contributed by atoms with van der Waals surface area (Å²) < 4.78 is 5.52. The van der Waals surface area contributed by atoms with Crippen LogP contribution in [-0.4, -0.2) is 20.2 Å². The first kappa shape index (κ1) is 18.3. The highest BCUT2D eigenvalue weighted by molar-refractivity contribution is 6.30. The molecule has 0 amide bonds. The summed E-state index contributed by atoms with van der Waals surface area (Å²) in [5.74, 6) is 0.949. The third-order valence-corrected chi connectivity index (χ3v) is 4.60. The summed E-state index contributed by atoms with van der Waals surface area (Å²) >= 11 is 6.18. The predicted molar refractivity (Wildman–Crippen MR) is 92.5 cm³/mol. The van der Waals surface area contributed by atoms with Crippen molar-refractivity contribution in [3.63, 3.8) is 0 Å². The van der Waals surface area contributed by atoms with Gasteiger partial charge in [-0.05, 0) is 55.0 Å². The monoisotopic (exact) mass is 311 g/mol. The molecule has 2 nitrogen and oxygen atoms in total. The number of halogens is 1. The number of benzene rings is 1. The fourth-order valence-electron chi connectivity index (χ4n) is 2.90. The van der Waals surface area contributed by atoms with E-state index in [4.69, 9.17) is 16.3 Å². The maximum absolute atomic E-state index is 6.18. The van der Waals surface area contributed by atoms with Gasteiger partial charge in [0.2, 0.25) is 0 Å². The molecule has 0 aliphatic rings. The Kier molecular flexibility index (Phi) is 8.13. The fraction of sp³-hybridized carbons (Fsp3) is 0.667. The average molecular weight is 312 g/mol. The van der Waals surface area contributed by atoms with Crippen LogP contribution < -0.4 is 10.1 Å². The second kappa shape index (κ2) is 9.32. The maximum Gasteiger partial charge on any atom is 0.122 e. The van der Waals surface area contributed by atoms with E-state index in [0.29, 0.717) is 0 Å². The zero-order valence-electron chi connectivity index (χ0n) is 14.0. The number of nitrogens with one attached hydrogen (secondary N) is 1. The standard InChI is InChI=1S/C18H30ClNO/c1-5-8-11-18(6-2,14-20-7-3)13-15-12-16(19)9-10-17(15)21-4/h9-10,12,20H,5-8,11,13-14H2,1-4H3. The molecule has 0 bridgehead atoms. The molecule has 0 saturated carbocycles. The highest BCUT2D eigenvalue weighted by Gasteiger charge is 2.28. The van der Waals surface area contributed by atoms with E-state index in [-0.39, 0.29) is 5.41 Å². The molecular formula is C18H30ClNO. The van der Waals surface area contributed by atoms with Crippen LogP contribution in [0.1, 0.15) is 52.0 Å². The molecule has 0 aliphatic heterocycles. The van der Waals surface area contributed by atoms with E-state index in [9.17, 15) is 0 Å². The quantitative estimate of drug-likeness (QED) is 0.650. The van der Waals surface area contributed by atoms with Crippen molar-refractivity contribution >= 4 is 11.6 Å². The molecular weight excluding hydrogens is 282 g/mol. The van der Waals surface area contributed by atoms with Gasteiger partial charge in [0.1, 0.15) is 5.75 Å². The van der Waals surface area contributed by atoms with Crippen LogP contribution in [0.25, 0.3) is 0 Å². The summed E-state index contributed by atoms with van der Waals surface area (Å²) in [6.45, 7) is 8.79. The summed E-state index contributed by atoms with van der Waals surface area (Å²) in [6, 6.07) is 5.93. The topological polar surface area (TPSA) is 21.3 Å². The van der Waals surface area contributed by atoms with Crippen LogP contribution in [0.15, 0.2) is 18.2 Å². The summed E-state index contributed by atoms with van der Waals surface area (Å²) in [7, 11) is 1.73. The summed E-state index contributed by atoms with van der Waals surface area (Å²) in [6.07, 6.45) is 5.92. The van der Waals surface area contributed by atoms with E-state index in [1.165, 1.54) is 24.8 Å². The van der Waals surface area contributed by atoms with Gasteiger partial charge < -0.3 is 10.1 Å². The lowest BCUT2D eigenvalue weighted by Crippen LogP contribution is -2.36. The second-order valence-corrected chi connectivity index (χ2v) is 6.31.